The lowest BCUT2D eigenvalue weighted by Crippen LogP contribution is -2.48. The Morgan fingerprint density at radius 3 is 2.62 bits per heavy atom. The number of benzene rings is 1. The number of piperidine rings is 1. The fourth-order valence-electron chi connectivity index (χ4n) is 3.44. The summed E-state index contributed by atoms with van der Waals surface area (Å²) in [4.78, 5) is 11.1. The van der Waals surface area contributed by atoms with Crippen LogP contribution >= 0.6 is 24.0 Å². The van der Waals surface area contributed by atoms with Crippen LogP contribution in [0.1, 0.15) is 30.9 Å². The number of nitrogens with one attached hydrogen (secondary N) is 2. The first-order chi connectivity index (χ1) is 13.8. The molecule has 1 fully saturated rings. The molecule has 1 aliphatic rings. The summed E-state index contributed by atoms with van der Waals surface area (Å²) in [7, 11) is 1.82. The fraction of sp³-hybridized carbons (Fsp3) is 0.455. The van der Waals surface area contributed by atoms with Crippen LogP contribution in [0, 0.1) is 0 Å². The molecule has 7 heteroatoms. The molecule has 2 heterocycles. The second-order valence-corrected chi connectivity index (χ2v) is 7.04. The molecule has 2 N–H and O–H groups in total. The summed E-state index contributed by atoms with van der Waals surface area (Å²) < 4.78 is 5.46. The number of ether oxygens (including phenoxy) is 1. The van der Waals surface area contributed by atoms with Crippen molar-refractivity contribution in [1.29, 1.82) is 0 Å². The Kier molecular flexibility index (Phi) is 10.2. The molecule has 0 amide bonds. The first-order valence-corrected chi connectivity index (χ1v) is 10.1. The van der Waals surface area contributed by atoms with Crippen LogP contribution in [-0.2, 0) is 13.1 Å². The lowest BCUT2D eigenvalue weighted by molar-refractivity contribution is 0.198. The molecule has 0 saturated carbocycles. The highest BCUT2D eigenvalue weighted by Gasteiger charge is 2.20. The molecule has 0 unspecified atom stereocenters. The largest absolute Gasteiger partial charge is 0.478 e. The maximum absolute atomic E-state index is 5.46. The molecule has 3 rings (SSSR count). The van der Waals surface area contributed by atoms with Gasteiger partial charge < -0.3 is 15.4 Å². The van der Waals surface area contributed by atoms with Crippen LogP contribution in [0.25, 0.3) is 0 Å². The van der Waals surface area contributed by atoms with Gasteiger partial charge in [-0.25, -0.2) is 4.98 Å². The Labute approximate surface area is 191 Å². The van der Waals surface area contributed by atoms with Crippen LogP contribution < -0.4 is 15.4 Å². The van der Waals surface area contributed by atoms with Gasteiger partial charge in [0.1, 0.15) is 0 Å². The first-order valence-electron chi connectivity index (χ1n) is 10.1. The van der Waals surface area contributed by atoms with Gasteiger partial charge in [0.05, 0.1) is 6.61 Å². The number of guanidine groups is 1. The molecule has 2 aromatic rings. The summed E-state index contributed by atoms with van der Waals surface area (Å²) in [5.41, 5.74) is 2.51. The van der Waals surface area contributed by atoms with Gasteiger partial charge in [-0.3, -0.25) is 9.89 Å². The Bertz CT molecular complexity index is 748. The highest BCUT2D eigenvalue weighted by Crippen LogP contribution is 2.14. The van der Waals surface area contributed by atoms with E-state index in [0.717, 1.165) is 44.0 Å². The molecule has 6 nitrogen and oxygen atoms in total. The highest BCUT2D eigenvalue weighted by atomic mass is 127. The van der Waals surface area contributed by atoms with E-state index in [9.17, 15) is 0 Å². The Morgan fingerprint density at radius 1 is 1.17 bits per heavy atom. The third-order valence-corrected chi connectivity index (χ3v) is 4.95. The molecular formula is C22H32IN5O. The molecule has 0 atom stereocenters. The summed E-state index contributed by atoms with van der Waals surface area (Å²) in [6.45, 7) is 6.51. The molecule has 0 radical (unpaired) electrons. The normalized spacial score (nSPS) is 15.4. The number of halogens is 1. The van der Waals surface area contributed by atoms with Gasteiger partial charge in [-0.15, -0.1) is 24.0 Å². The molecule has 29 heavy (non-hydrogen) atoms. The van der Waals surface area contributed by atoms with Crippen LogP contribution in [0.3, 0.4) is 0 Å². The third-order valence-electron chi connectivity index (χ3n) is 4.95. The Hall–Kier alpha value is -1.87. The van der Waals surface area contributed by atoms with E-state index in [1.165, 1.54) is 5.56 Å². The fourth-order valence-corrected chi connectivity index (χ4v) is 3.44. The van der Waals surface area contributed by atoms with E-state index < -0.39 is 0 Å². The van der Waals surface area contributed by atoms with Crippen molar-refractivity contribution in [1.82, 2.24) is 20.5 Å². The van der Waals surface area contributed by atoms with Crippen LogP contribution in [0.2, 0.25) is 0 Å². The third kappa shape index (κ3) is 7.81. The summed E-state index contributed by atoms with van der Waals surface area (Å²) >= 11 is 0. The van der Waals surface area contributed by atoms with Crippen LogP contribution in [0.15, 0.2) is 53.7 Å². The number of hydrogen-bond donors (Lipinski definition) is 2. The van der Waals surface area contributed by atoms with Gasteiger partial charge in [-0.05, 0) is 37.0 Å². The Morgan fingerprint density at radius 2 is 1.93 bits per heavy atom. The minimum absolute atomic E-state index is 0. The zero-order valence-electron chi connectivity index (χ0n) is 17.3. The average Bonchev–Trinajstić information content (AvgIpc) is 2.74. The number of aromatic nitrogens is 1. The van der Waals surface area contributed by atoms with Gasteiger partial charge in [0.2, 0.25) is 5.88 Å². The van der Waals surface area contributed by atoms with Crippen LogP contribution in [0.5, 0.6) is 5.88 Å². The smallest absolute Gasteiger partial charge is 0.213 e. The summed E-state index contributed by atoms with van der Waals surface area (Å²) in [6, 6.07) is 15.1. The molecule has 1 aromatic carbocycles. The molecule has 0 aliphatic carbocycles. The molecule has 0 bridgehead atoms. The summed E-state index contributed by atoms with van der Waals surface area (Å²) in [5.74, 6) is 1.51. The molecule has 0 spiro atoms. The van der Waals surface area contributed by atoms with E-state index in [1.807, 2.05) is 26.1 Å². The zero-order valence-corrected chi connectivity index (χ0v) is 19.6. The maximum atomic E-state index is 5.46. The average molecular weight is 509 g/mol. The van der Waals surface area contributed by atoms with Gasteiger partial charge in [0, 0.05) is 51.5 Å². The van der Waals surface area contributed by atoms with E-state index in [2.05, 4.69) is 55.8 Å². The highest BCUT2D eigenvalue weighted by molar-refractivity contribution is 14.0. The quantitative estimate of drug-likeness (QED) is 0.340. The van der Waals surface area contributed by atoms with Crippen LogP contribution in [-0.4, -0.2) is 48.6 Å². The van der Waals surface area contributed by atoms with Crippen molar-refractivity contribution in [2.24, 2.45) is 4.99 Å². The molecule has 1 saturated heterocycles. The second-order valence-electron chi connectivity index (χ2n) is 7.04. The number of nitrogens with zero attached hydrogens (tertiary/aromatic N) is 3. The minimum atomic E-state index is 0. The Balaban J connectivity index is 0.00000300. The van der Waals surface area contributed by atoms with Crippen molar-refractivity contribution in [3.63, 3.8) is 0 Å². The van der Waals surface area contributed by atoms with E-state index >= 15 is 0 Å². The molecule has 158 valence electrons. The van der Waals surface area contributed by atoms with Crippen molar-refractivity contribution in [3.05, 3.63) is 59.8 Å². The van der Waals surface area contributed by atoms with Crippen molar-refractivity contribution in [2.75, 3.05) is 26.7 Å². The number of aliphatic imine (C=N–C) groups is 1. The monoisotopic (exact) mass is 509 g/mol. The predicted octanol–water partition coefficient (Wildman–Crippen LogP) is 3.43. The van der Waals surface area contributed by atoms with E-state index in [4.69, 9.17) is 4.74 Å². The number of likely N-dealkylation sites (tertiary alicyclic amines) is 1. The van der Waals surface area contributed by atoms with Gasteiger partial charge in [-0.2, -0.15) is 0 Å². The SMILES string of the molecule is CCOc1cc(CNC(=NC)NC2CCN(Cc3ccccc3)CC2)ccn1.I. The molecule has 1 aromatic heterocycles. The second kappa shape index (κ2) is 12.6. The van der Waals surface area contributed by atoms with Crippen molar-refractivity contribution >= 4 is 29.9 Å². The van der Waals surface area contributed by atoms with E-state index in [1.54, 1.807) is 6.20 Å². The van der Waals surface area contributed by atoms with E-state index in [0.29, 0.717) is 25.1 Å². The lowest BCUT2D eigenvalue weighted by Gasteiger charge is -2.33. The maximum Gasteiger partial charge on any atom is 0.213 e. The van der Waals surface area contributed by atoms with E-state index in [-0.39, 0.29) is 24.0 Å². The van der Waals surface area contributed by atoms with Crippen molar-refractivity contribution in [3.8, 4) is 5.88 Å². The first kappa shape index (κ1) is 23.4. The summed E-state index contributed by atoms with van der Waals surface area (Å²) in [5, 5.41) is 6.96. The lowest BCUT2D eigenvalue weighted by atomic mass is 10.0. The number of pyridine rings is 1. The topological polar surface area (TPSA) is 61.8 Å². The van der Waals surface area contributed by atoms with Crippen molar-refractivity contribution in [2.45, 2.75) is 38.9 Å². The summed E-state index contributed by atoms with van der Waals surface area (Å²) in [6.07, 6.45) is 4.02. The van der Waals surface area contributed by atoms with Crippen LogP contribution in [0.4, 0.5) is 0 Å². The van der Waals surface area contributed by atoms with Gasteiger partial charge in [0.25, 0.3) is 0 Å². The number of rotatable bonds is 7. The van der Waals surface area contributed by atoms with Gasteiger partial charge in [0.15, 0.2) is 5.96 Å². The molecular weight excluding hydrogens is 477 g/mol. The standard InChI is InChI=1S/C22H31N5O.HI/c1-3-28-21-15-19(9-12-24-21)16-25-22(23-2)26-20-10-13-27(14-11-20)17-18-7-5-4-6-8-18;/h4-9,12,15,20H,3,10-11,13-14,16-17H2,1-2H3,(H2,23,25,26);1H. The van der Waals surface area contributed by atoms with Gasteiger partial charge >= 0.3 is 0 Å². The molecule has 1 aliphatic heterocycles. The zero-order chi connectivity index (χ0) is 19.6. The van der Waals surface area contributed by atoms with Crippen molar-refractivity contribution < 1.29 is 4.74 Å². The van der Waals surface area contributed by atoms with Gasteiger partial charge in [-0.1, -0.05) is 30.3 Å². The number of hydrogen-bond acceptors (Lipinski definition) is 4. The predicted molar refractivity (Wildman–Crippen MR) is 129 cm³/mol. The minimum Gasteiger partial charge on any atom is -0.478 e.